The van der Waals surface area contributed by atoms with Crippen LogP contribution in [0.15, 0.2) is 18.2 Å². The summed E-state index contributed by atoms with van der Waals surface area (Å²) in [6.45, 7) is 3.64. The molecule has 0 atom stereocenters. The van der Waals surface area contributed by atoms with Crippen LogP contribution in [0.1, 0.15) is 21.5 Å². The number of hydrogen-bond acceptors (Lipinski definition) is 5. The molecule has 6 nitrogen and oxygen atoms in total. The van der Waals surface area contributed by atoms with E-state index in [0.717, 1.165) is 16.0 Å². The van der Waals surface area contributed by atoms with E-state index in [1.807, 2.05) is 19.9 Å². The molecule has 0 aromatic heterocycles. The Labute approximate surface area is 116 Å². The number of rotatable bonds is 3. The maximum absolute atomic E-state index is 11.8. The van der Waals surface area contributed by atoms with Gasteiger partial charge in [-0.05, 0) is 26.0 Å². The second kappa shape index (κ2) is 5.73. The smallest absolute Gasteiger partial charge is 0.416 e. The number of carbonyl (C=O) groups is 3. The highest BCUT2D eigenvalue weighted by atomic mass is 16.6. The highest BCUT2D eigenvalue weighted by molar-refractivity contribution is 5.96. The lowest BCUT2D eigenvalue weighted by atomic mass is 10.1. The molecule has 0 bridgehead atoms. The molecule has 0 saturated carbocycles. The van der Waals surface area contributed by atoms with Gasteiger partial charge in [0.15, 0.2) is 6.61 Å². The third kappa shape index (κ3) is 3.14. The monoisotopic (exact) mass is 277 g/mol. The predicted molar refractivity (Wildman–Crippen MR) is 69.3 cm³/mol. The van der Waals surface area contributed by atoms with Gasteiger partial charge in [-0.2, -0.15) is 0 Å². The van der Waals surface area contributed by atoms with Crippen molar-refractivity contribution in [2.24, 2.45) is 0 Å². The lowest BCUT2D eigenvalue weighted by Crippen LogP contribution is -2.35. The summed E-state index contributed by atoms with van der Waals surface area (Å²) in [5, 5.41) is 0. The van der Waals surface area contributed by atoms with Crippen LogP contribution in [0, 0.1) is 13.8 Å². The summed E-state index contributed by atoms with van der Waals surface area (Å²) in [5.41, 5.74) is 2.26. The molecule has 0 unspecified atom stereocenters. The molecule has 1 aromatic rings. The van der Waals surface area contributed by atoms with Crippen molar-refractivity contribution >= 4 is 18.0 Å². The van der Waals surface area contributed by atoms with Crippen molar-refractivity contribution in [1.82, 2.24) is 4.90 Å². The average molecular weight is 277 g/mol. The number of cyclic esters (lactones) is 1. The Morgan fingerprint density at radius 1 is 1.25 bits per heavy atom. The minimum Gasteiger partial charge on any atom is -0.452 e. The van der Waals surface area contributed by atoms with Gasteiger partial charge in [-0.15, -0.1) is 0 Å². The Morgan fingerprint density at radius 3 is 2.45 bits per heavy atom. The minimum absolute atomic E-state index is 0.176. The molecule has 2 amide bonds. The van der Waals surface area contributed by atoms with E-state index < -0.39 is 24.6 Å². The third-order valence-corrected chi connectivity index (χ3v) is 2.85. The van der Waals surface area contributed by atoms with Gasteiger partial charge in [0.05, 0.1) is 12.1 Å². The van der Waals surface area contributed by atoms with E-state index in [0.29, 0.717) is 5.56 Å². The Morgan fingerprint density at radius 2 is 1.90 bits per heavy atom. The molecule has 20 heavy (non-hydrogen) atoms. The van der Waals surface area contributed by atoms with Crippen molar-refractivity contribution in [2.45, 2.75) is 13.8 Å². The van der Waals surface area contributed by atoms with Crippen LogP contribution in [0.2, 0.25) is 0 Å². The SMILES string of the molecule is Cc1cc(C)cc(C(=O)OCC(=O)N2CCOC2=O)c1. The first-order chi connectivity index (χ1) is 9.47. The Hall–Kier alpha value is -2.37. The maximum atomic E-state index is 11.8. The number of hydrogen-bond donors (Lipinski definition) is 0. The van der Waals surface area contributed by atoms with Crippen LogP contribution in [0.25, 0.3) is 0 Å². The molecule has 0 aliphatic carbocycles. The number of amides is 2. The number of esters is 1. The molecule has 0 N–H and O–H groups in total. The van der Waals surface area contributed by atoms with Crippen molar-refractivity contribution in [2.75, 3.05) is 19.8 Å². The highest BCUT2D eigenvalue weighted by Crippen LogP contribution is 2.10. The molecule has 1 aliphatic rings. The summed E-state index contributed by atoms with van der Waals surface area (Å²) < 4.78 is 9.56. The van der Waals surface area contributed by atoms with E-state index in [2.05, 4.69) is 4.74 Å². The highest BCUT2D eigenvalue weighted by Gasteiger charge is 2.29. The second-order valence-electron chi connectivity index (χ2n) is 4.61. The van der Waals surface area contributed by atoms with Gasteiger partial charge in [-0.25, -0.2) is 14.5 Å². The molecular formula is C14H15NO5. The molecule has 1 saturated heterocycles. The molecular weight excluding hydrogens is 262 g/mol. The molecule has 6 heteroatoms. The van der Waals surface area contributed by atoms with Gasteiger partial charge in [0.1, 0.15) is 6.61 Å². The van der Waals surface area contributed by atoms with Gasteiger partial charge in [-0.1, -0.05) is 17.2 Å². The van der Waals surface area contributed by atoms with Crippen LogP contribution in [-0.2, 0) is 14.3 Å². The van der Waals surface area contributed by atoms with Crippen molar-refractivity contribution in [3.63, 3.8) is 0 Å². The fraction of sp³-hybridized carbons (Fsp3) is 0.357. The van der Waals surface area contributed by atoms with Gasteiger partial charge in [0.25, 0.3) is 5.91 Å². The number of ether oxygens (including phenoxy) is 2. The standard InChI is InChI=1S/C14H15NO5/c1-9-5-10(2)7-11(6-9)13(17)20-8-12(16)15-3-4-19-14(15)18/h5-7H,3-4,8H2,1-2H3. The molecule has 1 heterocycles. The van der Waals surface area contributed by atoms with Crippen molar-refractivity contribution < 1.29 is 23.9 Å². The van der Waals surface area contributed by atoms with Crippen LogP contribution in [0.3, 0.4) is 0 Å². The van der Waals surface area contributed by atoms with E-state index in [9.17, 15) is 14.4 Å². The van der Waals surface area contributed by atoms with Crippen molar-refractivity contribution in [3.05, 3.63) is 34.9 Å². The van der Waals surface area contributed by atoms with Gasteiger partial charge in [-0.3, -0.25) is 4.79 Å². The fourth-order valence-corrected chi connectivity index (χ4v) is 2.00. The van der Waals surface area contributed by atoms with Crippen molar-refractivity contribution in [1.29, 1.82) is 0 Å². The predicted octanol–water partition coefficient (Wildman–Crippen LogP) is 1.44. The molecule has 1 fully saturated rings. The average Bonchev–Trinajstić information content (AvgIpc) is 2.80. The van der Waals surface area contributed by atoms with Crippen LogP contribution >= 0.6 is 0 Å². The normalized spacial score (nSPS) is 14.1. The largest absolute Gasteiger partial charge is 0.452 e. The van der Waals surface area contributed by atoms with Crippen LogP contribution < -0.4 is 0 Å². The number of imide groups is 1. The number of carbonyl (C=O) groups excluding carboxylic acids is 3. The van der Waals surface area contributed by atoms with E-state index in [1.165, 1.54) is 0 Å². The second-order valence-corrected chi connectivity index (χ2v) is 4.61. The fourth-order valence-electron chi connectivity index (χ4n) is 2.00. The number of benzene rings is 1. The molecule has 1 aromatic carbocycles. The van der Waals surface area contributed by atoms with Crippen LogP contribution in [0.5, 0.6) is 0 Å². The van der Waals surface area contributed by atoms with E-state index in [1.54, 1.807) is 12.1 Å². The lowest BCUT2D eigenvalue weighted by molar-refractivity contribution is -0.131. The first-order valence-corrected chi connectivity index (χ1v) is 6.20. The van der Waals surface area contributed by atoms with E-state index in [-0.39, 0.29) is 13.2 Å². The van der Waals surface area contributed by atoms with Crippen molar-refractivity contribution in [3.8, 4) is 0 Å². The van der Waals surface area contributed by atoms with Crippen LogP contribution in [0.4, 0.5) is 4.79 Å². The Kier molecular flexibility index (Phi) is 4.02. The van der Waals surface area contributed by atoms with E-state index >= 15 is 0 Å². The van der Waals surface area contributed by atoms with Gasteiger partial charge in [0.2, 0.25) is 0 Å². The molecule has 0 spiro atoms. The van der Waals surface area contributed by atoms with Gasteiger partial charge < -0.3 is 9.47 Å². The summed E-state index contributed by atoms with van der Waals surface area (Å²) in [7, 11) is 0. The number of nitrogens with zero attached hydrogens (tertiary/aromatic N) is 1. The van der Waals surface area contributed by atoms with E-state index in [4.69, 9.17) is 4.74 Å². The Balaban J connectivity index is 1.95. The number of aryl methyl sites for hydroxylation is 2. The topological polar surface area (TPSA) is 72.9 Å². The maximum Gasteiger partial charge on any atom is 0.416 e. The minimum atomic E-state index is -0.697. The van der Waals surface area contributed by atoms with Gasteiger partial charge >= 0.3 is 12.1 Å². The first kappa shape index (κ1) is 14.0. The zero-order valence-corrected chi connectivity index (χ0v) is 11.3. The first-order valence-electron chi connectivity index (χ1n) is 6.20. The van der Waals surface area contributed by atoms with Gasteiger partial charge in [0, 0.05) is 0 Å². The molecule has 106 valence electrons. The lowest BCUT2D eigenvalue weighted by Gasteiger charge is -2.11. The molecule has 0 radical (unpaired) electrons. The summed E-state index contributed by atoms with van der Waals surface area (Å²) in [6.07, 6.45) is -0.697. The Bertz CT molecular complexity index is 546. The third-order valence-electron chi connectivity index (χ3n) is 2.85. The quantitative estimate of drug-likeness (QED) is 0.782. The summed E-state index contributed by atoms with van der Waals surface area (Å²) in [4.78, 5) is 35.6. The van der Waals surface area contributed by atoms with Crippen LogP contribution in [-0.4, -0.2) is 42.6 Å². The summed E-state index contributed by atoms with van der Waals surface area (Å²) in [6, 6.07) is 5.30. The summed E-state index contributed by atoms with van der Waals surface area (Å²) >= 11 is 0. The zero-order chi connectivity index (χ0) is 14.7. The summed E-state index contributed by atoms with van der Waals surface area (Å²) in [5.74, 6) is -1.16. The molecule has 1 aliphatic heterocycles. The molecule has 2 rings (SSSR count). The zero-order valence-electron chi connectivity index (χ0n) is 11.3.